The lowest BCUT2D eigenvalue weighted by Gasteiger charge is -2.11. The van der Waals surface area contributed by atoms with Gasteiger partial charge in [-0.1, -0.05) is 15.9 Å². The molecule has 1 amide bonds. The lowest BCUT2D eigenvalue weighted by Crippen LogP contribution is -2.15. The van der Waals surface area contributed by atoms with Crippen molar-refractivity contribution in [2.75, 3.05) is 5.32 Å². The van der Waals surface area contributed by atoms with E-state index in [1.807, 2.05) is 26.8 Å². The van der Waals surface area contributed by atoms with Crippen molar-refractivity contribution in [3.63, 3.8) is 0 Å². The van der Waals surface area contributed by atoms with Gasteiger partial charge in [-0.3, -0.25) is 4.79 Å². The summed E-state index contributed by atoms with van der Waals surface area (Å²) in [6.07, 6.45) is 0.758. The number of nitrogens with zero attached hydrogens (tertiary/aromatic N) is 3. The molecule has 1 aromatic carbocycles. The molecule has 3 aromatic rings. The van der Waals surface area contributed by atoms with Gasteiger partial charge in [0, 0.05) is 28.3 Å². The second-order valence-electron chi connectivity index (χ2n) is 5.99. The van der Waals surface area contributed by atoms with Crippen LogP contribution in [-0.2, 0) is 11.2 Å². The Kier molecular flexibility index (Phi) is 4.85. The first-order valence-corrected chi connectivity index (χ1v) is 8.72. The summed E-state index contributed by atoms with van der Waals surface area (Å²) in [5.41, 5.74) is 4.72. The minimum absolute atomic E-state index is 0.179. The number of carbonyl (C=O) groups is 1. The molecule has 0 bridgehead atoms. The molecule has 0 radical (unpaired) electrons. The number of hydrogen-bond acceptors (Lipinski definition) is 3. The van der Waals surface area contributed by atoms with Gasteiger partial charge in [0.05, 0.1) is 11.4 Å². The van der Waals surface area contributed by atoms with E-state index in [2.05, 4.69) is 31.3 Å². The minimum atomic E-state index is -0.467. The Labute approximate surface area is 153 Å². The summed E-state index contributed by atoms with van der Waals surface area (Å²) in [5.74, 6) is -0.707. The molecule has 25 heavy (non-hydrogen) atoms. The van der Waals surface area contributed by atoms with Crippen LogP contribution in [0.2, 0.25) is 0 Å². The molecule has 130 valence electrons. The highest BCUT2D eigenvalue weighted by molar-refractivity contribution is 9.10. The first-order valence-electron chi connectivity index (χ1n) is 7.92. The molecule has 0 aliphatic heterocycles. The van der Waals surface area contributed by atoms with Gasteiger partial charge < -0.3 is 5.32 Å². The van der Waals surface area contributed by atoms with E-state index in [0.717, 1.165) is 28.3 Å². The molecule has 5 nitrogen and oxygen atoms in total. The van der Waals surface area contributed by atoms with Gasteiger partial charge >= 0.3 is 0 Å². The zero-order valence-corrected chi connectivity index (χ0v) is 15.8. The van der Waals surface area contributed by atoms with E-state index in [0.29, 0.717) is 10.9 Å². The molecule has 0 saturated heterocycles. The van der Waals surface area contributed by atoms with Gasteiger partial charge in [-0.15, -0.1) is 0 Å². The Bertz CT molecular complexity index is 967. The van der Waals surface area contributed by atoms with Crippen LogP contribution in [-0.4, -0.2) is 20.5 Å². The van der Waals surface area contributed by atoms with Gasteiger partial charge in [-0.25, -0.2) is 13.9 Å². The van der Waals surface area contributed by atoms with Crippen molar-refractivity contribution < 1.29 is 9.18 Å². The van der Waals surface area contributed by atoms with E-state index in [1.54, 1.807) is 10.6 Å². The molecule has 3 rings (SSSR count). The first-order chi connectivity index (χ1) is 11.8. The van der Waals surface area contributed by atoms with Gasteiger partial charge in [0.25, 0.3) is 0 Å². The van der Waals surface area contributed by atoms with Crippen LogP contribution in [0, 0.1) is 26.6 Å². The van der Waals surface area contributed by atoms with Crippen molar-refractivity contribution in [3.05, 3.63) is 57.2 Å². The summed E-state index contributed by atoms with van der Waals surface area (Å²) in [4.78, 5) is 16.7. The highest BCUT2D eigenvalue weighted by Crippen LogP contribution is 2.20. The number of benzene rings is 1. The van der Waals surface area contributed by atoms with Gasteiger partial charge in [-0.05, 0) is 51.0 Å². The van der Waals surface area contributed by atoms with E-state index in [4.69, 9.17) is 0 Å². The number of rotatable bonds is 4. The monoisotopic (exact) mass is 404 g/mol. The number of aryl methyl sites for hydroxylation is 3. The molecule has 0 aliphatic carbocycles. The van der Waals surface area contributed by atoms with Crippen LogP contribution in [0.1, 0.15) is 29.1 Å². The average molecular weight is 405 g/mol. The average Bonchev–Trinajstić information content (AvgIpc) is 2.90. The number of anilines is 1. The van der Waals surface area contributed by atoms with Crippen molar-refractivity contribution in [1.82, 2.24) is 14.6 Å². The van der Waals surface area contributed by atoms with Crippen LogP contribution in [0.5, 0.6) is 0 Å². The molecule has 2 aromatic heterocycles. The van der Waals surface area contributed by atoms with Crippen LogP contribution in [0.15, 0.2) is 28.7 Å². The normalized spacial score (nSPS) is 11.1. The predicted octanol–water partition coefficient (Wildman–Crippen LogP) is 4.13. The van der Waals surface area contributed by atoms with E-state index < -0.39 is 5.82 Å². The molecule has 0 unspecified atom stereocenters. The largest absolute Gasteiger partial charge is 0.324 e. The fourth-order valence-corrected chi connectivity index (χ4v) is 3.18. The second-order valence-corrected chi connectivity index (χ2v) is 6.90. The Balaban J connectivity index is 1.74. The summed E-state index contributed by atoms with van der Waals surface area (Å²) < 4.78 is 16.2. The van der Waals surface area contributed by atoms with Crippen LogP contribution in [0.4, 0.5) is 10.1 Å². The van der Waals surface area contributed by atoms with Crippen molar-refractivity contribution in [3.8, 4) is 0 Å². The molecule has 0 saturated carbocycles. The van der Waals surface area contributed by atoms with E-state index in [1.165, 1.54) is 12.1 Å². The standard InChI is InChI=1S/C18H18BrFN4O/c1-10-8-17-21-11(2)14(12(3)24(17)23-10)5-7-18(25)22-16-6-4-13(19)9-15(16)20/h4,6,8-9H,5,7H2,1-3H3,(H,22,25). The molecule has 0 atom stereocenters. The van der Waals surface area contributed by atoms with E-state index in [9.17, 15) is 9.18 Å². The first kappa shape index (κ1) is 17.5. The summed E-state index contributed by atoms with van der Waals surface area (Å²) in [5, 5.41) is 7.04. The van der Waals surface area contributed by atoms with Gasteiger partial charge in [0.15, 0.2) is 5.65 Å². The fraction of sp³-hybridized carbons (Fsp3) is 0.278. The third-order valence-electron chi connectivity index (χ3n) is 4.09. The maximum absolute atomic E-state index is 13.8. The quantitative estimate of drug-likeness (QED) is 0.710. The van der Waals surface area contributed by atoms with Crippen LogP contribution >= 0.6 is 15.9 Å². The molecule has 0 aliphatic rings. The molecule has 0 fully saturated rings. The Hall–Kier alpha value is -2.28. The van der Waals surface area contributed by atoms with Crippen LogP contribution < -0.4 is 5.32 Å². The van der Waals surface area contributed by atoms with Crippen LogP contribution in [0.25, 0.3) is 5.65 Å². The van der Waals surface area contributed by atoms with Crippen molar-refractivity contribution in [1.29, 1.82) is 0 Å². The number of amides is 1. The van der Waals surface area contributed by atoms with Gasteiger partial charge in [-0.2, -0.15) is 5.10 Å². The lowest BCUT2D eigenvalue weighted by atomic mass is 10.1. The van der Waals surface area contributed by atoms with Crippen molar-refractivity contribution >= 4 is 33.2 Å². The number of fused-ring (bicyclic) bond motifs is 1. The maximum atomic E-state index is 13.8. The number of nitrogens with one attached hydrogen (secondary N) is 1. The highest BCUT2D eigenvalue weighted by atomic mass is 79.9. The molecule has 2 heterocycles. The number of carbonyl (C=O) groups excluding carboxylic acids is 1. The molecular weight excluding hydrogens is 387 g/mol. The fourth-order valence-electron chi connectivity index (χ4n) is 2.85. The Morgan fingerprint density at radius 1 is 1.28 bits per heavy atom. The number of aromatic nitrogens is 3. The van der Waals surface area contributed by atoms with Crippen molar-refractivity contribution in [2.24, 2.45) is 0 Å². The highest BCUT2D eigenvalue weighted by Gasteiger charge is 2.13. The van der Waals surface area contributed by atoms with Gasteiger partial charge in [0.1, 0.15) is 5.82 Å². The minimum Gasteiger partial charge on any atom is -0.324 e. The van der Waals surface area contributed by atoms with E-state index >= 15 is 0 Å². The zero-order chi connectivity index (χ0) is 18.1. The number of hydrogen-bond donors (Lipinski definition) is 1. The summed E-state index contributed by atoms with van der Waals surface area (Å²) in [6.45, 7) is 5.82. The lowest BCUT2D eigenvalue weighted by molar-refractivity contribution is -0.116. The Morgan fingerprint density at radius 2 is 2.04 bits per heavy atom. The maximum Gasteiger partial charge on any atom is 0.224 e. The van der Waals surface area contributed by atoms with Crippen LogP contribution in [0.3, 0.4) is 0 Å². The third-order valence-corrected chi connectivity index (χ3v) is 4.59. The zero-order valence-electron chi connectivity index (χ0n) is 14.2. The predicted molar refractivity (Wildman–Crippen MR) is 98.2 cm³/mol. The Morgan fingerprint density at radius 3 is 2.76 bits per heavy atom. The topological polar surface area (TPSA) is 59.3 Å². The van der Waals surface area contributed by atoms with Gasteiger partial charge in [0.2, 0.25) is 5.91 Å². The molecule has 0 spiro atoms. The molecule has 7 heteroatoms. The number of halogens is 2. The van der Waals surface area contributed by atoms with E-state index in [-0.39, 0.29) is 18.0 Å². The summed E-state index contributed by atoms with van der Waals surface area (Å²) >= 11 is 3.19. The summed E-state index contributed by atoms with van der Waals surface area (Å²) in [6, 6.07) is 6.47. The summed E-state index contributed by atoms with van der Waals surface area (Å²) in [7, 11) is 0. The second kappa shape index (κ2) is 6.92. The smallest absolute Gasteiger partial charge is 0.224 e. The molecular formula is C18H18BrFN4O. The third kappa shape index (κ3) is 3.71. The SMILES string of the molecule is Cc1cc2nc(C)c(CCC(=O)Nc3ccc(Br)cc3F)c(C)n2n1. The molecule has 1 N–H and O–H groups in total. The van der Waals surface area contributed by atoms with Crippen molar-refractivity contribution in [2.45, 2.75) is 33.6 Å².